The summed E-state index contributed by atoms with van der Waals surface area (Å²) in [5, 5.41) is 0. The van der Waals surface area contributed by atoms with Gasteiger partial charge in [0.15, 0.2) is 0 Å². The molecular formula is C25H28FN3O3. The molecule has 0 unspecified atom stereocenters. The lowest BCUT2D eigenvalue weighted by Crippen LogP contribution is -2.42. The van der Waals surface area contributed by atoms with E-state index in [1.807, 2.05) is 29.3 Å². The van der Waals surface area contributed by atoms with Crippen molar-refractivity contribution in [3.8, 4) is 17.1 Å². The van der Waals surface area contributed by atoms with Gasteiger partial charge in [0.25, 0.3) is 0 Å². The third-order valence-electron chi connectivity index (χ3n) is 5.80. The van der Waals surface area contributed by atoms with Gasteiger partial charge in [0.1, 0.15) is 24.0 Å². The molecule has 0 N–H and O–H groups in total. The summed E-state index contributed by atoms with van der Waals surface area (Å²) in [4.78, 5) is 19.7. The molecule has 1 aliphatic rings. The molecule has 1 aromatic heterocycles. The van der Waals surface area contributed by atoms with Gasteiger partial charge in [-0.1, -0.05) is 30.3 Å². The largest absolute Gasteiger partial charge is 0.492 e. The first-order valence-electron chi connectivity index (χ1n) is 10.9. The van der Waals surface area contributed by atoms with Gasteiger partial charge in [-0.05, 0) is 30.7 Å². The van der Waals surface area contributed by atoms with Gasteiger partial charge in [-0.15, -0.1) is 0 Å². The van der Waals surface area contributed by atoms with Crippen molar-refractivity contribution in [2.75, 3.05) is 33.4 Å². The minimum absolute atomic E-state index is 0.0921. The fourth-order valence-electron chi connectivity index (χ4n) is 4.09. The molecule has 7 heteroatoms. The molecule has 0 saturated carbocycles. The van der Waals surface area contributed by atoms with E-state index in [1.165, 1.54) is 12.1 Å². The highest BCUT2D eigenvalue weighted by Crippen LogP contribution is 2.28. The summed E-state index contributed by atoms with van der Waals surface area (Å²) in [5.74, 6) is 1.25. The van der Waals surface area contributed by atoms with Crippen LogP contribution in [0.1, 0.15) is 12.1 Å². The van der Waals surface area contributed by atoms with Crippen LogP contribution in [-0.2, 0) is 22.5 Å². The lowest BCUT2D eigenvalue weighted by Gasteiger charge is -2.30. The van der Waals surface area contributed by atoms with E-state index in [4.69, 9.17) is 9.47 Å². The summed E-state index contributed by atoms with van der Waals surface area (Å²) in [7, 11) is 1.63. The Morgan fingerprint density at radius 1 is 1.12 bits per heavy atom. The van der Waals surface area contributed by atoms with E-state index in [0.717, 1.165) is 30.0 Å². The molecule has 168 valence electrons. The molecule has 3 aromatic rings. The van der Waals surface area contributed by atoms with Gasteiger partial charge in [-0.2, -0.15) is 0 Å². The van der Waals surface area contributed by atoms with Gasteiger partial charge in [-0.3, -0.25) is 4.79 Å². The van der Waals surface area contributed by atoms with Gasteiger partial charge in [0, 0.05) is 50.0 Å². The average molecular weight is 438 g/mol. The van der Waals surface area contributed by atoms with Crippen LogP contribution in [0.4, 0.5) is 4.39 Å². The summed E-state index contributed by atoms with van der Waals surface area (Å²) >= 11 is 0. The summed E-state index contributed by atoms with van der Waals surface area (Å²) < 4.78 is 26.2. The first kappa shape index (κ1) is 22.0. The second kappa shape index (κ2) is 10.4. The number of benzene rings is 2. The Morgan fingerprint density at radius 3 is 2.62 bits per heavy atom. The normalized spacial score (nSPS) is 15.2. The van der Waals surface area contributed by atoms with E-state index < -0.39 is 0 Å². The Bertz CT molecular complexity index is 1020. The first-order valence-corrected chi connectivity index (χ1v) is 10.9. The number of hydrogen-bond donors (Lipinski definition) is 0. The summed E-state index contributed by atoms with van der Waals surface area (Å²) in [6, 6.07) is 16.0. The Labute approximate surface area is 187 Å². The topological polar surface area (TPSA) is 56.6 Å². The highest BCUT2D eigenvalue weighted by molar-refractivity contribution is 5.79. The standard InChI is InChI=1S/C25H28FN3O3/c1-31-15-13-28(14-16-32-23-9-7-21(26)8-10-23)25(30)20-11-12-29-22(17-20)18-27-24(29)19-5-3-2-4-6-19/h2-10,18,20H,11-17H2,1H3/t20-/m1/s1. The number of nitrogens with zero attached hydrogens (tertiary/aromatic N) is 3. The fraction of sp³-hybridized carbons (Fsp3) is 0.360. The van der Waals surface area contributed by atoms with Crippen molar-refractivity contribution in [1.29, 1.82) is 0 Å². The molecule has 0 saturated heterocycles. The van der Waals surface area contributed by atoms with Crippen LogP contribution in [0.3, 0.4) is 0 Å². The average Bonchev–Trinajstić information content (AvgIpc) is 3.26. The highest BCUT2D eigenvalue weighted by atomic mass is 19.1. The first-order chi connectivity index (χ1) is 15.7. The molecule has 0 bridgehead atoms. The molecule has 32 heavy (non-hydrogen) atoms. The maximum absolute atomic E-state index is 13.3. The maximum Gasteiger partial charge on any atom is 0.226 e. The molecule has 1 aliphatic heterocycles. The molecule has 0 radical (unpaired) electrons. The van der Waals surface area contributed by atoms with Crippen LogP contribution in [0.25, 0.3) is 11.4 Å². The Hall–Kier alpha value is -3.19. The minimum atomic E-state index is -0.304. The van der Waals surface area contributed by atoms with Gasteiger partial charge in [0.2, 0.25) is 5.91 Å². The van der Waals surface area contributed by atoms with Crippen LogP contribution in [-0.4, -0.2) is 53.8 Å². The van der Waals surface area contributed by atoms with Gasteiger partial charge < -0.3 is 18.9 Å². The van der Waals surface area contributed by atoms with Crippen molar-refractivity contribution in [3.05, 3.63) is 72.3 Å². The second-order valence-electron chi connectivity index (χ2n) is 7.90. The van der Waals surface area contributed by atoms with E-state index in [1.54, 1.807) is 19.2 Å². The predicted octanol–water partition coefficient (Wildman–Crippen LogP) is 3.81. The number of rotatable bonds is 9. The van der Waals surface area contributed by atoms with Crippen molar-refractivity contribution in [2.24, 2.45) is 5.92 Å². The van der Waals surface area contributed by atoms with Crippen LogP contribution in [0, 0.1) is 11.7 Å². The second-order valence-corrected chi connectivity index (χ2v) is 7.90. The van der Waals surface area contributed by atoms with E-state index in [-0.39, 0.29) is 17.6 Å². The van der Waals surface area contributed by atoms with Gasteiger partial charge >= 0.3 is 0 Å². The van der Waals surface area contributed by atoms with Crippen LogP contribution in [0.2, 0.25) is 0 Å². The van der Waals surface area contributed by atoms with E-state index >= 15 is 0 Å². The molecule has 6 nitrogen and oxygen atoms in total. The van der Waals surface area contributed by atoms with Crippen molar-refractivity contribution in [3.63, 3.8) is 0 Å². The van der Waals surface area contributed by atoms with Crippen LogP contribution < -0.4 is 4.74 Å². The van der Waals surface area contributed by atoms with Gasteiger partial charge in [-0.25, -0.2) is 9.37 Å². The van der Waals surface area contributed by atoms with Crippen LogP contribution in [0.5, 0.6) is 5.75 Å². The summed E-state index contributed by atoms with van der Waals surface area (Å²) in [6.07, 6.45) is 3.32. The predicted molar refractivity (Wildman–Crippen MR) is 120 cm³/mol. The Kier molecular flexibility index (Phi) is 7.17. The molecule has 0 fully saturated rings. The number of methoxy groups -OCH3 is 1. The molecular weight excluding hydrogens is 409 g/mol. The zero-order chi connectivity index (χ0) is 22.3. The molecule has 1 atom stereocenters. The number of carbonyl (C=O) groups is 1. The SMILES string of the molecule is COCCN(CCOc1ccc(F)cc1)C(=O)[C@@H]1CCn2c(cnc2-c2ccccc2)C1. The maximum atomic E-state index is 13.3. The lowest BCUT2D eigenvalue weighted by atomic mass is 9.94. The number of ether oxygens (including phenoxy) is 2. The highest BCUT2D eigenvalue weighted by Gasteiger charge is 2.30. The number of imidazole rings is 1. The number of fused-ring (bicyclic) bond motifs is 1. The zero-order valence-corrected chi connectivity index (χ0v) is 18.2. The van der Waals surface area contributed by atoms with Gasteiger partial charge in [0.05, 0.1) is 13.2 Å². The summed E-state index contributed by atoms with van der Waals surface area (Å²) in [6.45, 7) is 2.52. The summed E-state index contributed by atoms with van der Waals surface area (Å²) in [5.41, 5.74) is 2.17. The smallest absolute Gasteiger partial charge is 0.226 e. The number of hydrogen-bond acceptors (Lipinski definition) is 4. The van der Waals surface area contributed by atoms with Crippen LogP contribution >= 0.6 is 0 Å². The monoisotopic (exact) mass is 437 g/mol. The molecule has 0 spiro atoms. The fourth-order valence-corrected chi connectivity index (χ4v) is 4.09. The number of aromatic nitrogens is 2. The minimum Gasteiger partial charge on any atom is -0.492 e. The van der Waals surface area contributed by atoms with E-state index in [2.05, 4.69) is 21.7 Å². The Balaban J connectivity index is 1.39. The number of amides is 1. The molecule has 2 aromatic carbocycles. The van der Waals surface area contributed by atoms with Crippen LogP contribution in [0.15, 0.2) is 60.8 Å². The van der Waals surface area contributed by atoms with E-state index in [0.29, 0.717) is 38.5 Å². The van der Waals surface area contributed by atoms with Crippen molar-refractivity contribution >= 4 is 5.91 Å². The number of carbonyl (C=O) groups excluding carboxylic acids is 1. The Morgan fingerprint density at radius 2 is 1.88 bits per heavy atom. The quantitative estimate of drug-likeness (QED) is 0.511. The number of halogens is 1. The molecule has 4 rings (SSSR count). The van der Waals surface area contributed by atoms with E-state index in [9.17, 15) is 9.18 Å². The third kappa shape index (κ3) is 5.16. The zero-order valence-electron chi connectivity index (χ0n) is 18.2. The third-order valence-corrected chi connectivity index (χ3v) is 5.80. The lowest BCUT2D eigenvalue weighted by molar-refractivity contribution is -0.137. The van der Waals surface area contributed by atoms with Crippen molar-refractivity contribution in [2.45, 2.75) is 19.4 Å². The molecule has 1 amide bonds. The van der Waals surface area contributed by atoms with Crippen molar-refractivity contribution in [1.82, 2.24) is 14.5 Å². The molecule has 0 aliphatic carbocycles. The molecule has 2 heterocycles. The van der Waals surface area contributed by atoms with Crippen molar-refractivity contribution < 1.29 is 18.7 Å².